The minimum Gasteiger partial charge on any atom is -0.466 e. The molecule has 1 saturated heterocycles. The normalized spacial score (nSPS) is 20.2. The lowest BCUT2D eigenvalue weighted by Gasteiger charge is -2.51. The molecular formula is C33H31N3O. The van der Waals surface area contributed by atoms with Gasteiger partial charge in [0, 0.05) is 44.5 Å². The van der Waals surface area contributed by atoms with Crippen molar-refractivity contribution in [2.75, 3.05) is 13.1 Å². The van der Waals surface area contributed by atoms with Crippen molar-refractivity contribution in [1.29, 1.82) is 0 Å². The number of fused-ring (bicyclic) bond motifs is 4. The molecule has 37 heavy (non-hydrogen) atoms. The molecule has 0 aliphatic carbocycles. The highest BCUT2D eigenvalue weighted by atomic mass is 16.5. The van der Waals surface area contributed by atoms with Gasteiger partial charge in [-0.1, -0.05) is 103 Å². The molecule has 7 rings (SSSR count). The molecule has 3 heterocycles. The van der Waals surface area contributed by atoms with Gasteiger partial charge in [-0.3, -0.25) is 4.90 Å². The lowest BCUT2D eigenvalue weighted by Crippen LogP contribution is -2.59. The maximum absolute atomic E-state index is 6.83. The van der Waals surface area contributed by atoms with Crippen LogP contribution in [0.25, 0.3) is 11.1 Å². The van der Waals surface area contributed by atoms with Crippen molar-refractivity contribution in [3.8, 4) is 16.9 Å². The van der Waals surface area contributed by atoms with E-state index in [-0.39, 0.29) is 6.04 Å². The van der Waals surface area contributed by atoms with Crippen molar-refractivity contribution in [3.63, 3.8) is 0 Å². The van der Waals surface area contributed by atoms with E-state index < -0.39 is 5.72 Å². The maximum atomic E-state index is 6.83. The summed E-state index contributed by atoms with van der Waals surface area (Å²) in [6.45, 7) is 2.98. The van der Waals surface area contributed by atoms with E-state index in [1.807, 2.05) is 0 Å². The molecule has 1 unspecified atom stereocenters. The zero-order valence-corrected chi connectivity index (χ0v) is 21.0. The lowest BCUT2D eigenvalue weighted by molar-refractivity contribution is -0.150. The summed E-state index contributed by atoms with van der Waals surface area (Å²) in [5.41, 5.74) is 7.04. The predicted octanol–water partition coefficient (Wildman–Crippen LogP) is 6.89. The summed E-state index contributed by atoms with van der Waals surface area (Å²) in [6, 6.07) is 39.0. The summed E-state index contributed by atoms with van der Waals surface area (Å²) in [4.78, 5) is 2.54. The standard InChI is InChI=1S/C33H31N3O/c1-3-9-25(10-4-1)24-35-21-19-33(20-22-35)36-31(29-13-7-8-14-32(29)37-33)23-30(34-36)28-17-15-27(16-18-28)26-11-5-2-6-12-26/h1-18,31H,19-24H2. The summed E-state index contributed by atoms with van der Waals surface area (Å²) in [7, 11) is 0. The largest absolute Gasteiger partial charge is 0.466 e. The molecule has 4 heteroatoms. The first-order chi connectivity index (χ1) is 18.3. The van der Waals surface area contributed by atoms with Gasteiger partial charge in [0.1, 0.15) is 5.75 Å². The number of benzene rings is 4. The number of piperidine rings is 1. The van der Waals surface area contributed by atoms with E-state index in [1.165, 1.54) is 27.8 Å². The quantitative estimate of drug-likeness (QED) is 0.315. The highest BCUT2D eigenvalue weighted by molar-refractivity contribution is 6.02. The highest BCUT2D eigenvalue weighted by Gasteiger charge is 2.51. The second kappa shape index (κ2) is 9.20. The van der Waals surface area contributed by atoms with Crippen LogP contribution < -0.4 is 4.74 Å². The number of hydrazone groups is 1. The highest BCUT2D eigenvalue weighted by Crippen LogP contribution is 2.50. The Morgan fingerprint density at radius 1 is 0.703 bits per heavy atom. The molecule has 4 aromatic carbocycles. The van der Waals surface area contributed by atoms with E-state index in [1.54, 1.807) is 0 Å². The fourth-order valence-electron chi connectivity index (χ4n) is 6.12. The minimum atomic E-state index is -0.391. The summed E-state index contributed by atoms with van der Waals surface area (Å²) >= 11 is 0. The van der Waals surface area contributed by atoms with Gasteiger partial charge in [-0.25, -0.2) is 5.01 Å². The zero-order chi connectivity index (χ0) is 24.7. The third-order valence-corrected chi connectivity index (χ3v) is 8.12. The molecule has 3 aliphatic rings. The third kappa shape index (κ3) is 4.11. The van der Waals surface area contributed by atoms with Crippen molar-refractivity contribution in [3.05, 3.63) is 126 Å². The monoisotopic (exact) mass is 485 g/mol. The number of nitrogens with zero attached hydrogens (tertiary/aromatic N) is 3. The first kappa shape index (κ1) is 22.3. The fraction of sp³-hybridized carbons (Fsp3) is 0.242. The first-order valence-corrected chi connectivity index (χ1v) is 13.3. The molecular weight excluding hydrogens is 454 g/mol. The Morgan fingerprint density at radius 3 is 2.08 bits per heavy atom. The zero-order valence-electron chi connectivity index (χ0n) is 21.0. The van der Waals surface area contributed by atoms with Gasteiger partial charge in [-0.2, -0.15) is 5.10 Å². The average Bonchev–Trinajstić information content (AvgIpc) is 3.43. The van der Waals surface area contributed by atoms with Gasteiger partial charge in [-0.05, 0) is 28.3 Å². The molecule has 1 spiro atoms. The molecule has 0 bridgehead atoms. The number of hydrogen-bond donors (Lipinski definition) is 0. The Hall–Kier alpha value is -3.89. The summed E-state index contributed by atoms with van der Waals surface area (Å²) in [5, 5.41) is 7.59. The first-order valence-electron chi connectivity index (χ1n) is 13.3. The SMILES string of the molecule is c1ccc(CN2CCC3(CC2)Oc2ccccc2C2CC(c4ccc(-c5ccccc5)cc4)=NN23)cc1. The van der Waals surface area contributed by atoms with Gasteiger partial charge in [0.05, 0.1) is 11.8 Å². The van der Waals surface area contributed by atoms with Gasteiger partial charge in [0.15, 0.2) is 0 Å². The van der Waals surface area contributed by atoms with Crippen LogP contribution >= 0.6 is 0 Å². The van der Waals surface area contributed by atoms with E-state index in [0.29, 0.717) is 0 Å². The Morgan fingerprint density at radius 2 is 1.32 bits per heavy atom. The van der Waals surface area contributed by atoms with Gasteiger partial charge in [0.25, 0.3) is 0 Å². The van der Waals surface area contributed by atoms with E-state index in [0.717, 1.165) is 50.4 Å². The summed E-state index contributed by atoms with van der Waals surface area (Å²) in [5.74, 6) is 1.02. The van der Waals surface area contributed by atoms with Crippen molar-refractivity contribution >= 4 is 5.71 Å². The Labute approximate surface area is 218 Å². The fourth-order valence-corrected chi connectivity index (χ4v) is 6.12. The summed E-state index contributed by atoms with van der Waals surface area (Å²) in [6.07, 6.45) is 2.78. The van der Waals surface area contributed by atoms with Crippen LogP contribution in [0.5, 0.6) is 5.75 Å². The van der Waals surface area contributed by atoms with Crippen molar-refractivity contribution in [2.45, 2.75) is 37.6 Å². The number of ether oxygens (including phenoxy) is 1. The third-order valence-electron chi connectivity index (χ3n) is 8.12. The number of rotatable bonds is 4. The Kier molecular flexibility index (Phi) is 5.55. The van der Waals surface area contributed by atoms with E-state index in [4.69, 9.17) is 9.84 Å². The van der Waals surface area contributed by atoms with Gasteiger partial charge >= 0.3 is 0 Å². The van der Waals surface area contributed by atoms with Gasteiger partial charge in [0.2, 0.25) is 5.72 Å². The van der Waals surface area contributed by atoms with E-state index in [2.05, 4.69) is 119 Å². The van der Waals surface area contributed by atoms with Crippen LogP contribution in [0.15, 0.2) is 114 Å². The molecule has 0 saturated carbocycles. The molecule has 1 atom stereocenters. The molecule has 4 aromatic rings. The van der Waals surface area contributed by atoms with Crippen LogP contribution in [-0.4, -0.2) is 34.4 Å². The molecule has 3 aliphatic heterocycles. The van der Waals surface area contributed by atoms with Crippen LogP contribution in [0, 0.1) is 0 Å². The van der Waals surface area contributed by atoms with Crippen LogP contribution in [0.4, 0.5) is 0 Å². The van der Waals surface area contributed by atoms with Crippen molar-refractivity contribution < 1.29 is 4.74 Å². The van der Waals surface area contributed by atoms with Crippen LogP contribution in [0.2, 0.25) is 0 Å². The second-order valence-corrected chi connectivity index (χ2v) is 10.4. The maximum Gasteiger partial charge on any atom is 0.200 e. The van der Waals surface area contributed by atoms with Crippen molar-refractivity contribution in [1.82, 2.24) is 9.91 Å². The van der Waals surface area contributed by atoms with Crippen LogP contribution in [0.3, 0.4) is 0 Å². The number of para-hydroxylation sites is 1. The van der Waals surface area contributed by atoms with Crippen molar-refractivity contribution in [2.24, 2.45) is 5.10 Å². The molecule has 184 valence electrons. The van der Waals surface area contributed by atoms with Gasteiger partial charge in [-0.15, -0.1) is 0 Å². The van der Waals surface area contributed by atoms with E-state index >= 15 is 0 Å². The number of hydrogen-bond acceptors (Lipinski definition) is 4. The van der Waals surface area contributed by atoms with Crippen LogP contribution in [-0.2, 0) is 6.54 Å². The average molecular weight is 486 g/mol. The molecule has 1 fully saturated rings. The number of likely N-dealkylation sites (tertiary alicyclic amines) is 1. The van der Waals surface area contributed by atoms with Gasteiger partial charge < -0.3 is 4.74 Å². The van der Waals surface area contributed by atoms with Crippen LogP contribution in [0.1, 0.15) is 42.0 Å². The molecule has 0 radical (unpaired) electrons. The van der Waals surface area contributed by atoms with E-state index in [9.17, 15) is 0 Å². The summed E-state index contributed by atoms with van der Waals surface area (Å²) < 4.78 is 6.83. The molecule has 4 nitrogen and oxygen atoms in total. The minimum absolute atomic E-state index is 0.217. The predicted molar refractivity (Wildman–Crippen MR) is 148 cm³/mol. The molecule has 0 aromatic heterocycles. The Bertz CT molecular complexity index is 1410. The topological polar surface area (TPSA) is 28.1 Å². The smallest absolute Gasteiger partial charge is 0.200 e. The lowest BCUT2D eigenvalue weighted by atomic mass is 9.90. The Balaban J connectivity index is 1.16. The molecule has 0 amide bonds. The second-order valence-electron chi connectivity index (χ2n) is 10.4. The molecule has 0 N–H and O–H groups in total.